The van der Waals surface area contributed by atoms with E-state index in [0.717, 1.165) is 38.6 Å². The number of methoxy groups -OCH3 is 1. The molecular weight excluding hydrogens is 168 g/mol. The lowest BCUT2D eigenvalue weighted by Crippen LogP contribution is -2.53. The Morgan fingerprint density at radius 1 is 1.46 bits per heavy atom. The van der Waals surface area contributed by atoms with Crippen LogP contribution in [0, 0.1) is 5.92 Å². The smallest absolute Gasteiger partial charge is 0.123 e. The lowest BCUT2D eigenvalue weighted by Gasteiger charge is -2.50. The molecule has 1 saturated carbocycles. The highest BCUT2D eigenvalue weighted by molar-refractivity contribution is 5.54. The molecule has 0 aromatic heterocycles. The quantitative estimate of drug-likeness (QED) is 0.604. The van der Waals surface area contributed by atoms with Gasteiger partial charge in [0.15, 0.2) is 0 Å². The molecule has 1 atom stereocenters. The molecule has 0 N–H and O–H groups in total. The summed E-state index contributed by atoms with van der Waals surface area (Å²) in [6, 6.07) is 0. The highest BCUT2D eigenvalue weighted by Gasteiger charge is 2.48. The molecule has 13 heavy (non-hydrogen) atoms. The van der Waals surface area contributed by atoms with Crippen LogP contribution in [0.5, 0.6) is 0 Å². The molecule has 3 heteroatoms. The molecule has 1 heterocycles. The van der Waals surface area contributed by atoms with Gasteiger partial charge in [-0.15, -0.1) is 0 Å². The van der Waals surface area contributed by atoms with Gasteiger partial charge in [-0.3, -0.25) is 0 Å². The third-order valence-corrected chi connectivity index (χ3v) is 3.26. The summed E-state index contributed by atoms with van der Waals surface area (Å²) in [6.45, 7) is 0.736. The summed E-state index contributed by atoms with van der Waals surface area (Å²) in [6.07, 6.45) is 5.15. The van der Waals surface area contributed by atoms with Crippen molar-refractivity contribution in [2.45, 2.75) is 37.4 Å². The number of ether oxygens (including phenoxy) is 2. The summed E-state index contributed by atoms with van der Waals surface area (Å²) < 4.78 is 10.9. The SMILES string of the molecule is COC1CC2(CC(C=O)CCO2)C1. The third-order valence-electron chi connectivity index (χ3n) is 3.26. The molecule has 1 unspecified atom stereocenters. The van der Waals surface area contributed by atoms with Crippen molar-refractivity contribution in [1.82, 2.24) is 0 Å². The van der Waals surface area contributed by atoms with E-state index < -0.39 is 0 Å². The summed E-state index contributed by atoms with van der Waals surface area (Å²) in [7, 11) is 1.73. The zero-order valence-electron chi connectivity index (χ0n) is 7.99. The first-order chi connectivity index (χ1) is 6.28. The fraction of sp³-hybridized carbons (Fsp3) is 0.900. The first-order valence-electron chi connectivity index (χ1n) is 4.90. The van der Waals surface area contributed by atoms with Crippen molar-refractivity contribution in [1.29, 1.82) is 0 Å². The van der Waals surface area contributed by atoms with Crippen LogP contribution in [-0.4, -0.2) is 31.7 Å². The van der Waals surface area contributed by atoms with Gasteiger partial charge >= 0.3 is 0 Å². The third kappa shape index (κ3) is 1.63. The molecule has 1 spiro atoms. The molecule has 0 bridgehead atoms. The van der Waals surface area contributed by atoms with Crippen LogP contribution in [0.1, 0.15) is 25.7 Å². The van der Waals surface area contributed by atoms with E-state index in [1.165, 1.54) is 0 Å². The van der Waals surface area contributed by atoms with Gasteiger partial charge in [0.05, 0.1) is 11.7 Å². The van der Waals surface area contributed by atoms with Crippen LogP contribution in [0.2, 0.25) is 0 Å². The summed E-state index contributed by atoms with van der Waals surface area (Å²) >= 11 is 0. The molecule has 1 saturated heterocycles. The zero-order valence-corrected chi connectivity index (χ0v) is 7.99. The maximum atomic E-state index is 10.7. The van der Waals surface area contributed by atoms with Crippen molar-refractivity contribution >= 4 is 6.29 Å². The lowest BCUT2D eigenvalue weighted by molar-refractivity contribution is -0.193. The van der Waals surface area contributed by atoms with E-state index in [0.29, 0.717) is 6.10 Å². The Bertz CT molecular complexity index is 196. The normalized spacial score (nSPS) is 44.4. The maximum absolute atomic E-state index is 10.7. The minimum Gasteiger partial charge on any atom is -0.381 e. The molecular formula is C10H16O3. The van der Waals surface area contributed by atoms with Gasteiger partial charge in [0.25, 0.3) is 0 Å². The maximum Gasteiger partial charge on any atom is 0.123 e. The van der Waals surface area contributed by atoms with Crippen molar-refractivity contribution in [3.63, 3.8) is 0 Å². The average molecular weight is 184 g/mol. The van der Waals surface area contributed by atoms with Crippen LogP contribution >= 0.6 is 0 Å². The average Bonchev–Trinajstić information content (AvgIpc) is 2.14. The highest BCUT2D eigenvalue weighted by Crippen LogP contribution is 2.45. The van der Waals surface area contributed by atoms with Crippen molar-refractivity contribution in [2.24, 2.45) is 5.92 Å². The van der Waals surface area contributed by atoms with Crippen molar-refractivity contribution in [3.8, 4) is 0 Å². The Balaban J connectivity index is 1.90. The van der Waals surface area contributed by atoms with Crippen molar-refractivity contribution in [3.05, 3.63) is 0 Å². The van der Waals surface area contributed by atoms with Gasteiger partial charge < -0.3 is 14.3 Å². The molecule has 0 aromatic rings. The number of carbonyl (C=O) groups is 1. The minimum absolute atomic E-state index is 0.00942. The number of hydrogen-bond donors (Lipinski definition) is 0. The van der Waals surface area contributed by atoms with Gasteiger partial charge in [0.2, 0.25) is 0 Å². The van der Waals surface area contributed by atoms with E-state index >= 15 is 0 Å². The van der Waals surface area contributed by atoms with E-state index in [9.17, 15) is 4.79 Å². The number of carbonyl (C=O) groups excluding carboxylic acids is 1. The van der Waals surface area contributed by atoms with Crippen LogP contribution in [0.4, 0.5) is 0 Å². The van der Waals surface area contributed by atoms with E-state index in [1.807, 2.05) is 0 Å². The van der Waals surface area contributed by atoms with Gasteiger partial charge in [-0.25, -0.2) is 0 Å². The molecule has 74 valence electrons. The van der Waals surface area contributed by atoms with Gasteiger partial charge in [0, 0.05) is 32.5 Å². The monoisotopic (exact) mass is 184 g/mol. The highest BCUT2D eigenvalue weighted by atomic mass is 16.5. The molecule has 2 fully saturated rings. The topological polar surface area (TPSA) is 35.5 Å². The molecule has 0 radical (unpaired) electrons. The predicted octanol–water partition coefficient (Wildman–Crippen LogP) is 1.16. The van der Waals surface area contributed by atoms with Gasteiger partial charge in [-0.2, -0.15) is 0 Å². The van der Waals surface area contributed by atoms with Gasteiger partial charge in [-0.1, -0.05) is 0 Å². The van der Waals surface area contributed by atoms with E-state index in [4.69, 9.17) is 9.47 Å². The van der Waals surface area contributed by atoms with E-state index in [-0.39, 0.29) is 11.5 Å². The van der Waals surface area contributed by atoms with Crippen LogP contribution in [-0.2, 0) is 14.3 Å². The predicted molar refractivity (Wildman–Crippen MR) is 47.5 cm³/mol. The Labute approximate surface area is 78.4 Å². The number of hydrogen-bond acceptors (Lipinski definition) is 3. The van der Waals surface area contributed by atoms with Crippen molar-refractivity contribution in [2.75, 3.05) is 13.7 Å². The van der Waals surface area contributed by atoms with Crippen molar-refractivity contribution < 1.29 is 14.3 Å². The molecule has 0 aromatic carbocycles. The first-order valence-corrected chi connectivity index (χ1v) is 4.90. The standard InChI is InChI=1S/C10H16O3/c1-12-9-5-10(6-9)4-8(7-11)2-3-13-10/h7-9H,2-6H2,1H3. The molecule has 0 amide bonds. The lowest BCUT2D eigenvalue weighted by atomic mass is 9.70. The zero-order chi connectivity index (χ0) is 9.31. The van der Waals surface area contributed by atoms with Gasteiger partial charge in [0.1, 0.15) is 6.29 Å². The second-order valence-electron chi connectivity index (χ2n) is 4.19. The first kappa shape index (κ1) is 9.16. The van der Waals surface area contributed by atoms with Crippen LogP contribution in [0.15, 0.2) is 0 Å². The number of aldehydes is 1. The summed E-state index contributed by atoms with van der Waals surface area (Å²) in [5.74, 6) is 0.214. The fourth-order valence-corrected chi connectivity index (χ4v) is 2.40. The Hall–Kier alpha value is -0.410. The molecule has 2 rings (SSSR count). The summed E-state index contributed by atoms with van der Waals surface area (Å²) in [5, 5.41) is 0. The number of rotatable bonds is 2. The van der Waals surface area contributed by atoms with Crippen LogP contribution in [0.25, 0.3) is 0 Å². The Morgan fingerprint density at radius 3 is 2.85 bits per heavy atom. The largest absolute Gasteiger partial charge is 0.381 e. The van der Waals surface area contributed by atoms with Gasteiger partial charge in [-0.05, 0) is 12.8 Å². The second-order valence-corrected chi connectivity index (χ2v) is 4.19. The molecule has 2 aliphatic rings. The molecule has 1 aliphatic carbocycles. The Morgan fingerprint density at radius 2 is 2.23 bits per heavy atom. The second kappa shape index (κ2) is 3.39. The van der Waals surface area contributed by atoms with Crippen LogP contribution < -0.4 is 0 Å². The fourth-order valence-electron chi connectivity index (χ4n) is 2.40. The summed E-state index contributed by atoms with van der Waals surface area (Å²) in [5.41, 5.74) is -0.00942. The molecule has 3 nitrogen and oxygen atoms in total. The van der Waals surface area contributed by atoms with Crippen LogP contribution in [0.3, 0.4) is 0 Å². The van der Waals surface area contributed by atoms with E-state index in [2.05, 4.69) is 0 Å². The minimum atomic E-state index is -0.00942. The summed E-state index contributed by atoms with van der Waals surface area (Å²) in [4.78, 5) is 10.7. The molecule has 1 aliphatic heterocycles. The van der Waals surface area contributed by atoms with E-state index in [1.54, 1.807) is 7.11 Å². The Kier molecular flexibility index (Phi) is 2.39.